The first-order valence-corrected chi connectivity index (χ1v) is 8.84. The smallest absolute Gasteiger partial charge is 0.243 e. The zero-order valence-corrected chi connectivity index (χ0v) is 14.8. The summed E-state index contributed by atoms with van der Waals surface area (Å²) < 4.78 is 5.49. The SMILES string of the molecule is CCOc1ccccc1NC(=O)CNc1ccccc1SCC(N)=O. The van der Waals surface area contributed by atoms with Gasteiger partial charge in [0.15, 0.2) is 0 Å². The van der Waals surface area contributed by atoms with Crippen LogP contribution in [0.4, 0.5) is 11.4 Å². The first kappa shape index (κ1) is 18.7. The molecule has 0 aromatic heterocycles. The van der Waals surface area contributed by atoms with Crippen LogP contribution in [0.3, 0.4) is 0 Å². The summed E-state index contributed by atoms with van der Waals surface area (Å²) in [6, 6.07) is 14.7. The molecule has 25 heavy (non-hydrogen) atoms. The molecule has 2 aromatic carbocycles. The number of benzene rings is 2. The largest absolute Gasteiger partial charge is 0.492 e. The number of para-hydroxylation sites is 3. The van der Waals surface area contributed by atoms with Crippen molar-refractivity contribution in [2.45, 2.75) is 11.8 Å². The van der Waals surface area contributed by atoms with E-state index in [1.165, 1.54) is 11.8 Å². The highest BCUT2D eigenvalue weighted by atomic mass is 32.2. The molecule has 0 spiro atoms. The van der Waals surface area contributed by atoms with Crippen LogP contribution >= 0.6 is 11.8 Å². The summed E-state index contributed by atoms with van der Waals surface area (Å²) in [6.07, 6.45) is 0. The van der Waals surface area contributed by atoms with E-state index in [2.05, 4.69) is 10.6 Å². The molecule has 2 rings (SSSR count). The third-order valence-corrected chi connectivity index (χ3v) is 4.25. The summed E-state index contributed by atoms with van der Waals surface area (Å²) in [7, 11) is 0. The van der Waals surface area contributed by atoms with E-state index >= 15 is 0 Å². The van der Waals surface area contributed by atoms with Crippen molar-refractivity contribution < 1.29 is 14.3 Å². The highest BCUT2D eigenvalue weighted by Crippen LogP contribution is 2.27. The average Bonchev–Trinajstić information content (AvgIpc) is 2.60. The normalized spacial score (nSPS) is 10.1. The van der Waals surface area contributed by atoms with Gasteiger partial charge in [-0.05, 0) is 31.2 Å². The van der Waals surface area contributed by atoms with E-state index in [4.69, 9.17) is 10.5 Å². The Hall–Kier alpha value is -2.67. The minimum Gasteiger partial charge on any atom is -0.492 e. The number of anilines is 2. The lowest BCUT2D eigenvalue weighted by Gasteiger charge is -2.13. The molecule has 0 atom stereocenters. The van der Waals surface area contributed by atoms with Gasteiger partial charge in [-0.3, -0.25) is 9.59 Å². The third-order valence-electron chi connectivity index (χ3n) is 3.16. The first-order valence-electron chi connectivity index (χ1n) is 7.85. The zero-order chi connectivity index (χ0) is 18.1. The highest BCUT2D eigenvalue weighted by Gasteiger charge is 2.09. The van der Waals surface area contributed by atoms with Crippen molar-refractivity contribution in [3.05, 3.63) is 48.5 Å². The van der Waals surface area contributed by atoms with Gasteiger partial charge in [0.1, 0.15) is 5.75 Å². The molecule has 2 amide bonds. The molecule has 0 aliphatic rings. The second-order valence-electron chi connectivity index (χ2n) is 5.08. The maximum atomic E-state index is 12.2. The molecule has 0 fully saturated rings. The van der Waals surface area contributed by atoms with Crippen LogP contribution in [0, 0.1) is 0 Å². The van der Waals surface area contributed by atoms with Gasteiger partial charge in [0.2, 0.25) is 11.8 Å². The van der Waals surface area contributed by atoms with Gasteiger partial charge in [-0.25, -0.2) is 0 Å². The Labute approximate surface area is 151 Å². The summed E-state index contributed by atoms with van der Waals surface area (Å²) in [5, 5.41) is 5.91. The molecule has 2 aromatic rings. The van der Waals surface area contributed by atoms with Crippen LogP contribution in [-0.2, 0) is 9.59 Å². The van der Waals surface area contributed by atoms with E-state index < -0.39 is 0 Å². The number of carbonyl (C=O) groups excluding carboxylic acids is 2. The molecule has 132 valence electrons. The van der Waals surface area contributed by atoms with Gasteiger partial charge in [-0.15, -0.1) is 11.8 Å². The molecule has 7 heteroatoms. The maximum Gasteiger partial charge on any atom is 0.243 e. The molecule has 0 unspecified atom stereocenters. The van der Waals surface area contributed by atoms with E-state index in [-0.39, 0.29) is 24.1 Å². The van der Waals surface area contributed by atoms with Crippen molar-refractivity contribution in [3.63, 3.8) is 0 Å². The number of nitrogens with two attached hydrogens (primary N) is 1. The van der Waals surface area contributed by atoms with Crippen LogP contribution in [-0.4, -0.2) is 30.7 Å². The van der Waals surface area contributed by atoms with E-state index in [9.17, 15) is 9.59 Å². The van der Waals surface area contributed by atoms with Gasteiger partial charge in [0.25, 0.3) is 0 Å². The highest BCUT2D eigenvalue weighted by molar-refractivity contribution is 8.00. The first-order chi connectivity index (χ1) is 12.1. The molecular formula is C18H21N3O3S. The van der Waals surface area contributed by atoms with Crippen LogP contribution < -0.4 is 21.1 Å². The lowest BCUT2D eigenvalue weighted by Crippen LogP contribution is -2.22. The Balaban J connectivity index is 1.95. The predicted molar refractivity (Wildman–Crippen MR) is 101 cm³/mol. The summed E-state index contributed by atoms with van der Waals surface area (Å²) >= 11 is 1.33. The predicted octanol–water partition coefficient (Wildman–Crippen LogP) is 2.71. The van der Waals surface area contributed by atoms with Crippen molar-refractivity contribution in [1.82, 2.24) is 0 Å². The summed E-state index contributed by atoms with van der Waals surface area (Å²) in [5.74, 6) is 0.245. The monoisotopic (exact) mass is 359 g/mol. The average molecular weight is 359 g/mol. The van der Waals surface area contributed by atoms with Crippen LogP contribution in [0.25, 0.3) is 0 Å². The van der Waals surface area contributed by atoms with Gasteiger partial charge < -0.3 is 21.1 Å². The van der Waals surface area contributed by atoms with Crippen LogP contribution in [0.2, 0.25) is 0 Å². The molecule has 0 aliphatic heterocycles. The molecule has 6 nitrogen and oxygen atoms in total. The number of amides is 2. The minimum atomic E-state index is -0.384. The second-order valence-corrected chi connectivity index (χ2v) is 6.10. The molecule has 0 saturated carbocycles. The molecule has 0 bridgehead atoms. The second kappa shape index (κ2) is 9.58. The fourth-order valence-electron chi connectivity index (χ4n) is 2.11. The van der Waals surface area contributed by atoms with Crippen molar-refractivity contribution in [2.24, 2.45) is 5.73 Å². The number of thioether (sulfide) groups is 1. The lowest BCUT2D eigenvalue weighted by atomic mass is 10.3. The minimum absolute atomic E-state index is 0.0919. The lowest BCUT2D eigenvalue weighted by molar-refractivity contribution is -0.116. The number of carbonyl (C=O) groups is 2. The third kappa shape index (κ3) is 6.04. The van der Waals surface area contributed by atoms with Gasteiger partial charge >= 0.3 is 0 Å². The number of hydrogen-bond acceptors (Lipinski definition) is 5. The fraction of sp³-hybridized carbons (Fsp3) is 0.222. The van der Waals surface area contributed by atoms with E-state index in [1.807, 2.05) is 49.4 Å². The Morgan fingerprint density at radius 1 is 1.08 bits per heavy atom. The van der Waals surface area contributed by atoms with Crippen molar-refractivity contribution in [2.75, 3.05) is 29.5 Å². The maximum absolute atomic E-state index is 12.2. The summed E-state index contributed by atoms with van der Waals surface area (Å²) in [6.45, 7) is 2.50. The fourth-order valence-corrected chi connectivity index (χ4v) is 2.88. The number of primary amides is 1. The van der Waals surface area contributed by atoms with Gasteiger partial charge in [-0.2, -0.15) is 0 Å². The van der Waals surface area contributed by atoms with Gasteiger partial charge in [0, 0.05) is 10.6 Å². The molecular weight excluding hydrogens is 338 g/mol. The Bertz CT molecular complexity index is 737. The van der Waals surface area contributed by atoms with Crippen LogP contribution in [0.5, 0.6) is 5.75 Å². The topological polar surface area (TPSA) is 93.4 Å². The molecule has 4 N–H and O–H groups in total. The van der Waals surface area contributed by atoms with Crippen molar-refractivity contribution in [1.29, 1.82) is 0 Å². The molecule has 0 aliphatic carbocycles. The molecule has 0 radical (unpaired) electrons. The standard InChI is InChI=1S/C18H21N3O3S/c1-2-24-15-9-5-3-7-13(15)21-18(23)11-20-14-8-4-6-10-16(14)25-12-17(19)22/h3-10,20H,2,11-12H2,1H3,(H2,19,22)(H,21,23). The van der Waals surface area contributed by atoms with Crippen molar-refractivity contribution >= 4 is 35.0 Å². The van der Waals surface area contributed by atoms with E-state index in [0.717, 1.165) is 10.6 Å². The summed E-state index contributed by atoms with van der Waals surface area (Å²) in [5.41, 5.74) is 6.59. The zero-order valence-electron chi connectivity index (χ0n) is 14.0. The summed E-state index contributed by atoms with van der Waals surface area (Å²) in [4.78, 5) is 24.0. The number of ether oxygens (including phenoxy) is 1. The Kier molecular flexibility index (Phi) is 7.16. The number of nitrogens with one attached hydrogen (secondary N) is 2. The van der Waals surface area contributed by atoms with Crippen LogP contribution in [0.15, 0.2) is 53.4 Å². The number of hydrogen-bond donors (Lipinski definition) is 3. The molecule has 0 heterocycles. The number of rotatable bonds is 9. The molecule has 0 saturated heterocycles. The van der Waals surface area contributed by atoms with E-state index in [0.29, 0.717) is 18.0 Å². The van der Waals surface area contributed by atoms with Gasteiger partial charge in [0.05, 0.1) is 24.6 Å². The Morgan fingerprint density at radius 3 is 2.48 bits per heavy atom. The van der Waals surface area contributed by atoms with Gasteiger partial charge in [-0.1, -0.05) is 24.3 Å². The Morgan fingerprint density at radius 2 is 1.76 bits per heavy atom. The van der Waals surface area contributed by atoms with Crippen LogP contribution in [0.1, 0.15) is 6.92 Å². The quantitative estimate of drug-likeness (QED) is 0.599. The van der Waals surface area contributed by atoms with Crippen molar-refractivity contribution in [3.8, 4) is 5.75 Å². The van der Waals surface area contributed by atoms with E-state index in [1.54, 1.807) is 6.07 Å².